The summed E-state index contributed by atoms with van der Waals surface area (Å²) < 4.78 is 0. The largest absolute Gasteiger partial charge is 0.0994 e. The second-order valence-corrected chi connectivity index (χ2v) is 14.2. The van der Waals surface area contributed by atoms with Crippen molar-refractivity contribution in [2.75, 3.05) is 12.3 Å². The number of fused-ring (bicyclic) bond motifs is 4. The molecule has 0 aromatic carbocycles. The lowest BCUT2D eigenvalue weighted by Crippen LogP contribution is -2.18. The Bertz CT molecular complexity index is 314. The first-order valence-electron chi connectivity index (χ1n) is 9.07. The van der Waals surface area contributed by atoms with E-state index < -0.39 is 0 Å². The molecule has 114 valence electrons. The molecule has 0 aromatic rings. The fourth-order valence-corrected chi connectivity index (χ4v) is 16.0. The van der Waals surface area contributed by atoms with Crippen LogP contribution in [-0.4, -0.2) is 35.0 Å². The van der Waals surface area contributed by atoms with Gasteiger partial charge < -0.3 is 0 Å². The van der Waals surface area contributed by atoms with Gasteiger partial charge in [-0.2, -0.15) is 0 Å². The fourth-order valence-electron chi connectivity index (χ4n) is 6.32. The molecule has 4 aliphatic rings. The highest BCUT2D eigenvalue weighted by molar-refractivity contribution is 7.64. The molecule has 20 heavy (non-hydrogen) atoms. The van der Waals surface area contributed by atoms with Gasteiger partial charge in [0.15, 0.2) is 0 Å². The summed E-state index contributed by atoms with van der Waals surface area (Å²) in [5, 5.41) is 0. The minimum atomic E-state index is 0.426. The Hall–Kier alpha value is 0.860. The highest BCUT2D eigenvalue weighted by atomic mass is 31.1. The zero-order chi connectivity index (χ0) is 14.0. The molecule has 4 heterocycles. The second kappa shape index (κ2) is 5.20. The van der Waals surface area contributed by atoms with E-state index >= 15 is 0 Å². The molecule has 8 atom stereocenters. The number of rotatable bonds is 3. The standard InChI is InChI=1S/C18H32P2/c1-11-7-16-12(2)8-15(11)19(16)5-6-20-17-10-14(4)18(20)9-13(17)3/h11-18H,5-10H2,1-4H3/t11-,12-,13-,14-,15?,16?,17?,18?,19?,20?/m1/s1. The minimum Gasteiger partial charge on any atom is -0.0994 e. The summed E-state index contributed by atoms with van der Waals surface area (Å²) >= 11 is 0. The zero-order valence-electron chi connectivity index (χ0n) is 13.8. The van der Waals surface area contributed by atoms with Crippen LogP contribution in [-0.2, 0) is 0 Å². The third kappa shape index (κ3) is 2.07. The fraction of sp³-hybridized carbons (Fsp3) is 1.00. The van der Waals surface area contributed by atoms with Gasteiger partial charge in [0.2, 0.25) is 0 Å². The van der Waals surface area contributed by atoms with E-state index in [0.717, 1.165) is 23.7 Å². The van der Waals surface area contributed by atoms with Crippen molar-refractivity contribution < 1.29 is 0 Å². The van der Waals surface area contributed by atoms with Gasteiger partial charge in [-0.25, -0.2) is 0 Å². The zero-order valence-corrected chi connectivity index (χ0v) is 15.5. The summed E-state index contributed by atoms with van der Waals surface area (Å²) in [7, 11) is 0.852. The Labute approximate surface area is 128 Å². The summed E-state index contributed by atoms with van der Waals surface area (Å²) in [4.78, 5) is 0. The molecule has 0 amide bonds. The maximum atomic E-state index is 2.56. The molecular weight excluding hydrogens is 278 g/mol. The van der Waals surface area contributed by atoms with Crippen LogP contribution < -0.4 is 0 Å². The summed E-state index contributed by atoms with van der Waals surface area (Å²) in [5.74, 6) is 4.31. The molecule has 4 bridgehead atoms. The van der Waals surface area contributed by atoms with E-state index in [4.69, 9.17) is 0 Å². The second-order valence-electron chi connectivity index (χ2n) is 8.60. The van der Waals surface area contributed by atoms with Gasteiger partial charge in [0.05, 0.1) is 0 Å². The quantitative estimate of drug-likeness (QED) is 0.597. The van der Waals surface area contributed by atoms with E-state index in [1.807, 2.05) is 0 Å². The van der Waals surface area contributed by atoms with Gasteiger partial charge in [-0.05, 0) is 84.3 Å². The van der Waals surface area contributed by atoms with Gasteiger partial charge in [0, 0.05) is 0 Å². The van der Waals surface area contributed by atoms with Crippen LogP contribution in [0, 0.1) is 23.7 Å². The SMILES string of the molecule is C[C@@H]1CC2[C@H](C)CC1P2CCP1C2C[C@@H](C)C1C[C@H]2C. The van der Waals surface area contributed by atoms with E-state index in [1.54, 1.807) is 38.0 Å². The Morgan fingerprint density at radius 2 is 0.800 bits per heavy atom. The van der Waals surface area contributed by atoms with Crippen molar-refractivity contribution in [2.24, 2.45) is 23.7 Å². The van der Waals surface area contributed by atoms with Crippen LogP contribution in [0.25, 0.3) is 0 Å². The molecule has 0 nitrogen and oxygen atoms in total. The topological polar surface area (TPSA) is 0 Å². The molecule has 4 fully saturated rings. The van der Waals surface area contributed by atoms with Gasteiger partial charge in [-0.3, -0.25) is 0 Å². The van der Waals surface area contributed by atoms with E-state index in [2.05, 4.69) is 27.7 Å². The third-order valence-electron chi connectivity index (χ3n) is 7.40. The summed E-state index contributed by atoms with van der Waals surface area (Å²) in [6.07, 6.45) is 9.73. The van der Waals surface area contributed by atoms with E-state index in [9.17, 15) is 0 Å². The van der Waals surface area contributed by atoms with Crippen LogP contribution in [0.5, 0.6) is 0 Å². The number of hydrogen-bond acceptors (Lipinski definition) is 0. The van der Waals surface area contributed by atoms with Crippen molar-refractivity contribution in [3.8, 4) is 0 Å². The lowest BCUT2D eigenvalue weighted by atomic mass is 9.84. The van der Waals surface area contributed by atoms with Crippen LogP contribution in [0.15, 0.2) is 0 Å². The molecular formula is C18H32P2. The first-order valence-corrected chi connectivity index (χ1v) is 12.4. The maximum absolute atomic E-state index is 2.56. The minimum absolute atomic E-state index is 0.426. The molecule has 4 unspecified atom stereocenters. The smallest absolute Gasteiger partial charge is 0.0178 e. The molecule has 4 rings (SSSR count). The van der Waals surface area contributed by atoms with Gasteiger partial charge in [0.1, 0.15) is 0 Å². The normalized spacial score (nSPS) is 60.6. The molecule has 0 N–H and O–H groups in total. The highest BCUT2D eigenvalue weighted by Crippen LogP contribution is 2.72. The third-order valence-corrected chi connectivity index (χ3v) is 15.5. The Morgan fingerprint density at radius 3 is 1.05 bits per heavy atom. The van der Waals surface area contributed by atoms with Crippen LogP contribution >= 0.6 is 15.8 Å². The lowest BCUT2D eigenvalue weighted by Gasteiger charge is -2.23. The van der Waals surface area contributed by atoms with Gasteiger partial charge in [-0.1, -0.05) is 43.5 Å². The van der Waals surface area contributed by atoms with Crippen LogP contribution in [0.4, 0.5) is 0 Å². The Kier molecular flexibility index (Phi) is 3.76. The van der Waals surface area contributed by atoms with Crippen molar-refractivity contribution >= 4 is 15.8 Å². The molecule has 0 radical (unpaired) electrons. The van der Waals surface area contributed by atoms with Crippen LogP contribution in [0.2, 0.25) is 0 Å². The summed E-state index contributed by atoms with van der Waals surface area (Å²) in [5.41, 5.74) is 4.70. The predicted octanol–water partition coefficient (Wildman–Crippen LogP) is 5.58. The molecule has 0 spiro atoms. The highest BCUT2D eigenvalue weighted by Gasteiger charge is 2.52. The monoisotopic (exact) mass is 310 g/mol. The van der Waals surface area contributed by atoms with Gasteiger partial charge in [0.25, 0.3) is 0 Å². The Morgan fingerprint density at radius 1 is 0.550 bits per heavy atom. The van der Waals surface area contributed by atoms with Crippen molar-refractivity contribution in [1.29, 1.82) is 0 Å². The molecule has 4 aliphatic heterocycles. The molecule has 0 aliphatic carbocycles. The average Bonchev–Trinajstić information content (AvgIpc) is 3.05. The van der Waals surface area contributed by atoms with Crippen LogP contribution in [0.1, 0.15) is 53.4 Å². The summed E-state index contributed by atoms with van der Waals surface area (Å²) in [6, 6.07) is 0. The van der Waals surface area contributed by atoms with Crippen molar-refractivity contribution in [2.45, 2.75) is 76.0 Å². The summed E-state index contributed by atoms with van der Waals surface area (Å²) in [6.45, 7) is 10.2. The molecule has 0 aromatic heterocycles. The van der Waals surface area contributed by atoms with Crippen molar-refractivity contribution in [1.82, 2.24) is 0 Å². The molecule has 0 saturated carbocycles. The van der Waals surface area contributed by atoms with Crippen molar-refractivity contribution in [3.05, 3.63) is 0 Å². The molecule has 4 saturated heterocycles. The predicted molar refractivity (Wildman–Crippen MR) is 93.9 cm³/mol. The molecule has 2 heteroatoms. The van der Waals surface area contributed by atoms with Gasteiger partial charge in [-0.15, -0.1) is 0 Å². The first kappa shape index (κ1) is 14.5. The van der Waals surface area contributed by atoms with E-state index in [-0.39, 0.29) is 0 Å². The average molecular weight is 310 g/mol. The van der Waals surface area contributed by atoms with E-state index in [1.165, 1.54) is 22.6 Å². The van der Waals surface area contributed by atoms with Crippen LogP contribution in [0.3, 0.4) is 0 Å². The lowest BCUT2D eigenvalue weighted by molar-refractivity contribution is 0.365. The van der Waals surface area contributed by atoms with Crippen molar-refractivity contribution in [3.63, 3.8) is 0 Å². The number of hydrogen-bond donors (Lipinski definition) is 0. The van der Waals surface area contributed by atoms with Gasteiger partial charge >= 0.3 is 0 Å². The Balaban J connectivity index is 1.40. The first-order chi connectivity index (χ1) is 9.56. The van der Waals surface area contributed by atoms with E-state index in [0.29, 0.717) is 15.8 Å². The maximum Gasteiger partial charge on any atom is -0.0178 e.